The van der Waals surface area contributed by atoms with Crippen LogP contribution in [0.2, 0.25) is 5.02 Å². The Bertz CT molecular complexity index is 1070. The molecule has 4 nitrogen and oxygen atoms in total. The van der Waals surface area contributed by atoms with Gasteiger partial charge in [-0.1, -0.05) is 60.1 Å². The first-order valence-electron chi connectivity index (χ1n) is 9.84. The van der Waals surface area contributed by atoms with Crippen LogP contribution >= 0.6 is 24.0 Å². The van der Waals surface area contributed by atoms with Crippen LogP contribution in [0.25, 0.3) is 10.8 Å². The summed E-state index contributed by atoms with van der Waals surface area (Å²) >= 11 is 6.29. The molecule has 30 heavy (non-hydrogen) atoms. The Morgan fingerprint density at radius 3 is 2.67 bits per heavy atom. The van der Waals surface area contributed by atoms with Crippen molar-refractivity contribution in [3.8, 4) is 5.75 Å². The number of ether oxygens (including phenoxy) is 1. The first-order chi connectivity index (χ1) is 14.3. The molecule has 4 rings (SSSR count). The van der Waals surface area contributed by atoms with Gasteiger partial charge in [0.15, 0.2) is 0 Å². The number of benzene rings is 3. The Balaban J connectivity index is 0.00000256. The van der Waals surface area contributed by atoms with Crippen LogP contribution in [0.3, 0.4) is 0 Å². The van der Waals surface area contributed by atoms with Gasteiger partial charge in [-0.25, -0.2) is 4.98 Å². The van der Waals surface area contributed by atoms with Crippen LogP contribution in [0.4, 0.5) is 0 Å². The molecule has 6 heteroatoms. The summed E-state index contributed by atoms with van der Waals surface area (Å²) in [5.74, 6) is 0.894. The summed E-state index contributed by atoms with van der Waals surface area (Å²) < 4.78 is 8.29. The van der Waals surface area contributed by atoms with Crippen molar-refractivity contribution in [1.82, 2.24) is 14.9 Å². The number of halogens is 2. The Kier molecular flexibility index (Phi) is 8.14. The molecule has 0 unspecified atom stereocenters. The lowest BCUT2D eigenvalue weighted by Gasteiger charge is -2.16. The van der Waals surface area contributed by atoms with Gasteiger partial charge in [0, 0.05) is 41.6 Å². The second kappa shape index (κ2) is 11.0. The first-order valence-corrected chi connectivity index (χ1v) is 10.2. The van der Waals surface area contributed by atoms with E-state index < -0.39 is 0 Å². The fraction of sp³-hybridized carbons (Fsp3) is 0.208. The number of hydrogen-bond acceptors (Lipinski definition) is 3. The lowest BCUT2D eigenvalue weighted by Crippen LogP contribution is -2.17. The van der Waals surface area contributed by atoms with Crippen LogP contribution in [0.15, 0.2) is 79.4 Å². The molecule has 1 heterocycles. The van der Waals surface area contributed by atoms with Gasteiger partial charge in [-0.15, -0.1) is 12.4 Å². The molecule has 3 aromatic carbocycles. The van der Waals surface area contributed by atoms with Crippen LogP contribution in [0.5, 0.6) is 5.75 Å². The maximum Gasteiger partial charge on any atom is 0.124 e. The van der Waals surface area contributed by atoms with Crippen LogP contribution in [0, 0.1) is 0 Å². The van der Waals surface area contributed by atoms with Crippen molar-refractivity contribution in [2.75, 3.05) is 6.54 Å². The summed E-state index contributed by atoms with van der Waals surface area (Å²) in [6.45, 7) is 3.08. The minimum atomic E-state index is 0. The molecule has 0 radical (unpaired) electrons. The fourth-order valence-electron chi connectivity index (χ4n) is 3.42. The van der Waals surface area contributed by atoms with Gasteiger partial charge in [-0.3, -0.25) is 0 Å². The number of aryl methyl sites for hydroxylation is 1. The minimum absolute atomic E-state index is 0. The molecule has 0 aliphatic heterocycles. The minimum Gasteiger partial charge on any atom is -0.488 e. The van der Waals surface area contributed by atoms with Crippen molar-refractivity contribution in [3.63, 3.8) is 0 Å². The number of aromatic nitrogens is 2. The first kappa shape index (κ1) is 22.2. The predicted octanol–water partition coefficient (Wildman–Crippen LogP) is 5.87. The highest BCUT2D eigenvalue weighted by atomic mass is 35.5. The summed E-state index contributed by atoms with van der Waals surface area (Å²) in [5.41, 5.74) is 2.17. The lowest BCUT2D eigenvalue weighted by molar-refractivity contribution is 0.303. The van der Waals surface area contributed by atoms with Crippen molar-refractivity contribution < 1.29 is 4.74 Å². The SMILES string of the molecule is Cl.Clc1ccccc1COc1ccc2ccccc2c1CNCCCn1ccnc1. The molecule has 1 aromatic heterocycles. The Labute approximate surface area is 188 Å². The van der Waals surface area contributed by atoms with Crippen LogP contribution in [-0.2, 0) is 19.7 Å². The number of nitrogens with one attached hydrogen (secondary N) is 1. The molecule has 156 valence electrons. The average Bonchev–Trinajstić information content (AvgIpc) is 3.27. The highest BCUT2D eigenvalue weighted by Gasteiger charge is 2.10. The number of nitrogens with zero attached hydrogens (tertiary/aromatic N) is 2. The molecule has 0 saturated carbocycles. The van der Waals surface area contributed by atoms with Gasteiger partial charge in [0.2, 0.25) is 0 Å². The molecular weight excluding hydrogens is 417 g/mol. The fourth-order valence-corrected chi connectivity index (χ4v) is 3.61. The third kappa shape index (κ3) is 5.54. The van der Waals surface area contributed by atoms with E-state index in [0.29, 0.717) is 6.61 Å². The van der Waals surface area contributed by atoms with E-state index >= 15 is 0 Å². The second-order valence-corrected chi connectivity index (χ2v) is 7.38. The summed E-state index contributed by atoms with van der Waals surface area (Å²) in [6, 6.07) is 20.4. The molecular formula is C24H25Cl2N3O. The van der Waals surface area contributed by atoms with Crippen molar-refractivity contribution in [2.24, 2.45) is 0 Å². The second-order valence-electron chi connectivity index (χ2n) is 6.97. The Hall–Kier alpha value is -2.53. The van der Waals surface area contributed by atoms with Gasteiger partial charge in [0.05, 0.1) is 6.33 Å². The number of imidazole rings is 1. The number of rotatable bonds is 9. The molecule has 0 saturated heterocycles. The van der Waals surface area contributed by atoms with Gasteiger partial charge in [-0.05, 0) is 35.9 Å². The van der Waals surface area contributed by atoms with E-state index in [-0.39, 0.29) is 12.4 Å². The van der Waals surface area contributed by atoms with Gasteiger partial charge in [0.25, 0.3) is 0 Å². The van der Waals surface area contributed by atoms with E-state index in [1.165, 1.54) is 16.3 Å². The molecule has 0 fully saturated rings. The summed E-state index contributed by atoms with van der Waals surface area (Å²) in [7, 11) is 0. The molecule has 0 aliphatic rings. The third-order valence-corrected chi connectivity index (χ3v) is 5.34. The van der Waals surface area contributed by atoms with E-state index in [9.17, 15) is 0 Å². The van der Waals surface area contributed by atoms with Crippen LogP contribution < -0.4 is 10.1 Å². The van der Waals surface area contributed by atoms with Crippen molar-refractivity contribution >= 4 is 34.8 Å². The van der Waals surface area contributed by atoms with Crippen LogP contribution in [-0.4, -0.2) is 16.1 Å². The monoisotopic (exact) mass is 441 g/mol. The Morgan fingerprint density at radius 2 is 1.83 bits per heavy atom. The zero-order valence-corrected chi connectivity index (χ0v) is 18.2. The maximum absolute atomic E-state index is 6.29. The highest BCUT2D eigenvalue weighted by molar-refractivity contribution is 6.31. The average molecular weight is 442 g/mol. The highest BCUT2D eigenvalue weighted by Crippen LogP contribution is 2.29. The lowest BCUT2D eigenvalue weighted by atomic mass is 10.0. The Morgan fingerprint density at radius 1 is 1.00 bits per heavy atom. The quantitative estimate of drug-likeness (QED) is 0.330. The van der Waals surface area contributed by atoms with E-state index in [2.05, 4.69) is 51.3 Å². The van der Waals surface area contributed by atoms with Gasteiger partial charge < -0.3 is 14.6 Å². The zero-order chi connectivity index (χ0) is 19.9. The van der Waals surface area contributed by atoms with E-state index in [0.717, 1.165) is 42.4 Å². The van der Waals surface area contributed by atoms with Crippen molar-refractivity contribution in [2.45, 2.75) is 26.1 Å². The largest absolute Gasteiger partial charge is 0.488 e. The molecule has 0 aliphatic carbocycles. The standard InChI is InChI=1S/C24H24ClN3O.ClH/c25-23-9-4-2-7-20(23)17-29-24-11-10-19-6-1-3-8-21(19)22(24)16-26-12-5-14-28-15-13-27-18-28;/h1-4,6-11,13,15,18,26H,5,12,14,16-17H2;1H. The molecule has 4 aromatic rings. The number of fused-ring (bicyclic) bond motifs is 1. The molecule has 0 bridgehead atoms. The predicted molar refractivity (Wildman–Crippen MR) is 126 cm³/mol. The van der Waals surface area contributed by atoms with Gasteiger partial charge >= 0.3 is 0 Å². The van der Waals surface area contributed by atoms with E-state index in [1.54, 1.807) is 0 Å². The van der Waals surface area contributed by atoms with Crippen molar-refractivity contribution in [1.29, 1.82) is 0 Å². The van der Waals surface area contributed by atoms with Crippen molar-refractivity contribution in [3.05, 3.63) is 95.5 Å². The van der Waals surface area contributed by atoms with Gasteiger partial charge in [-0.2, -0.15) is 0 Å². The normalized spacial score (nSPS) is 10.7. The summed E-state index contributed by atoms with van der Waals surface area (Å²) in [6.07, 6.45) is 6.69. The molecule has 1 N–H and O–H groups in total. The third-order valence-electron chi connectivity index (χ3n) is 4.97. The van der Waals surface area contributed by atoms with Crippen LogP contribution in [0.1, 0.15) is 17.5 Å². The topological polar surface area (TPSA) is 39.1 Å². The van der Waals surface area contributed by atoms with E-state index in [1.807, 2.05) is 43.0 Å². The summed E-state index contributed by atoms with van der Waals surface area (Å²) in [4.78, 5) is 4.08. The maximum atomic E-state index is 6.29. The zero-order valence-electron chi connectivity index (χ0n) is 16.6. The van der Waals surface area contributed by atoms with E-state index in [4.69, 9.17) is 16.3 Å². The molecule has 0 atom stereocenters. The number of hydrogen-bond donors (Lipinski definition) is 1. The van der Waals surface area contributed by atoms with Gasteiger partial charge in [0.1, 0.15) is 12.4 Å². The summed E-state index contributed by atoms with van der Waals surface area (Å²) in [5, 5.41) is 6.73. The smallest absolute Gasteiger partial charge is 0.124 e. The molecule has 0 spiro atoms. The molecule has 0 amide bonds.